The molecule has 47 heavy (non-hydrogen) atoms. The van der Waals surface area contributed by atoms with Gasteiger partial charge in [-0.3, -0.25) is 14.4 Å². The summed E-state index contributed by atoms with van der Waals surface area (Å²) < 4.78 is 10.7. The van der Waals surface area contributed by atoms with Gasteiger partial charge in [-0.25, -0.2) is 0 Å². The Kier molecular flexibility index (Phi) is 34.6. The van der Waals surface area contributed by atoms with Crippen LogP contribution in [0.4, 0.5) is 4.79 Å². The fourth-order valence-corrected chi connectivity index (χ4v) is 6.31. The van der Waals surface area contributed by atoms with Gasteiger partial charge in [-0.1, -0.05) is 134 Å². The average molecular weight is 683 g/mol. The lowest BCUT2D eigenvalue weighted by Gasteiger charge is -2.22. The third kappa shape index (κ3) is 34.1. The molecular formula is C39H74N2O5S. The van der Waals surface area contributed by atoms with E-state index in [9.17, 15) is 14.4 Å². The molecule has 8 heteroatoms. The van der Waals surface area contributed by atoms with Crippen LogP contribution >= 0.6 is 11.8 Å². The molecular weight excluding hydrogens is 609 g/mol. The van der Waals surface area contributed by atoms with Gasteiger partial charge in [-0.15, -0.1) is 0 Å². The number of allylic oxidation sites excluding steroid dienone is 1. The van der Waals surface area contributed by atoms with Crippen molar-refractivity contribution in [1.82, 2.24) is 9.80 Å². The lowest BCUT2D eigenvalue weighted by atomic mass is 10.1. The van der Waals surface area contributed by atoms with Gasteiger partial charge < -0.3 is 19.3 Å². The number of carbonyl (C=O) groups is 3. The van der Waals surface area contributed by atoms with E-state index in [0.717, 1.165) is 109 Å². The van der Waals surface area contributed by atoms with E-state index in [1.165, 1.54) is 69.5 Å². The molecule has 0 N–H and O–H groups in total. The van der Waals surface area contributed by atoms with Crippen LogP contribution in [0.3, 0.4) is 0 Å². The molecule has 0 aliphatic carbocycles. The predicted octanol–water partition coefficient (Wildman–Crippen LogP) is 10.7. The topological polar surface area (TPSA) is 76.1 Å². The lowest BCUT2D eigenvalue weighted by molar-refractivity contribution is -0.144. The smallest absolute Gasteiger partial charge is 0.306 e. The number of hydrogen-bond donors (Lipinski definition) is 0. The summed E-state index contributed by atoms with van der Waals surface area (Å²) in [5.74, 6) is 0.645. The standard InChI is InChI=1S/C39H74N2O5S/c1-5-7-9-11-13-21-27-34-45-37(42)29-23-17-15-19-25-31-41(39(44)47-36-33-40(3)4)32-26-20-16-18-24-30-38(43)46-35-28-22-14-12-10-8-6-2/h21,27H,5-20,22-26,28-36H2,1-4H3/b27-21-. The van der Waals surface area contributed by atoms with Crippen molar-refractivity contribution in [2.75, 3.05) is 52.7 Å². The summed E-state index contributed by atoms with van der Waals surface area (Å²) in [7, 11) is 4.07. The third-order valence-corrected chi connectivity index (χ3v) is 9.27. The van der Waals surface area contributed by atoms with E-state index in [0.29, 0.717) is 26.1 Å². The van der Waals surface area contributed by atoms with Crippen molar-refractivity contribution in [3.05, 3.63) is 12.2 Å². The second-order valence-electron chi connectivity index (χ2n) is 13.3. The summed E-state index contributed by atoms with van der Waals surface area (Å²) >= 11 is 1.43. The molecule has 7 nitrogen and oxygen atoms in total. The quantitative estimate of drug-likeness (QED) is 0.0380. The van der Waals surface area contributed by atoms with E-state index in [-0.39, 0.29) is 17.2 Å². The summed E-state index contributed by atoms with van der Waals surface area (Å²) in [6.45, 7) is 7.89. The van der Waals surface area contributed by atoms with Crippen LogP contribution in [-0.2, 0) is 19.1 Å². The number of amides is 1. The molecule has 0 heterocycles. The van der Waals surface area contributed by atoms with Crippen LogP contribution in [0.5, 0.6) is 0 Å². The van der Waals surface area contributed by atoms with E-state index in [1.807, 2.05) is 25.1 Å². The first kappa shape index (κ1) is 45.5. The fourth-order valence-electron chi connectivity index (χ4n) is 5.31. The van der Waals surface area contributed by atoms with Gasteiger partial charge in [0, 0.05) is 38.2 Å². The number of unbranched alkanes of at least 4 members (excludes halogenated alkanes) is 18. The maximum absolute atomic E-state index is 12.9. The zero-order valence-corrected chi connectivity index (χ0v) is 32.0. The Morgan fingerprint density at radius 1 is 0.553 bits per heavy atom. The van der Waals surface area contributed by atoms with Crippen LogP contribution in [0.25, 0.3) is 0 Å². The molecule has 0 unspecified atom stereocenters. The number of hydrogen-bond acceptors (Lipinski definition) is 7. The first-order chi connectivity index (χ1) is 22.9. The van der Waals surface area contributed by atoms with Gasteiger partial charge in [0.15, 0.2) is 0 Å². The van der Waals surface area contributed by atoms with Crippen molar-refractivity contribution in [2.45, 2.75) is 168 Å². The Bertz CT molecular complexity index is 762. The molecule has 1 amide bonds. The molecule has 0 aromatic carbocycles. The van der Waals surface area contributed by atoms with E-state index in [2.05, 4.69) is 24.8 Å². The predicted molar refractivity (Wildman–Crippen MR) is 201 cm³/mol. The van der Waals surface area contributed by atoms with Gasteiger partial charge in [0.05, 0.1) is 6.61 Å². The summed E-state index contributed by atoms with van der Waals surface area (Å²) in [5, 5.41) is 0.188. The minimum absolute atomic E-state index is 0.0568. The van der Waals surface area contributed by atoms with Gasteiger partial charge in [-0.05, 0) is 59.0 Å². The molecule has 0 aromatic rings. The molecule has 0 atom stereocenters. The van der Waals surface area contributed by atoms with Crippen molar-refractivity contribution < 1.29 is 23.9 Å². The number of thioether (sulfide) groups is 1. The highest BCUT2D eigenvalue weighted by Crippen LogP contribution is 2.15. The first-order valence-electron chi connectivity index (χ1n) is 19.4. The molecule has 276 valence electrons. The molecule has 0 rings (SSSR count). The zero-order valence-electron chi connectivity index (χ0n) is 31.2. The van der Waals surface area contributed by atoms with Gasteiger partial charge in [0.25, 0.3) is 5.24 Å². The molecule has 0 saturated carbocycles. The number of carbonyl (C=O) groups excluding carboxylic acids is 3. The highest BCUT2D eigenvalue weighted by molar-refractivity contribution is 8.13. The lowest BCUT2D eigenvalue weighted by Crippen LogP contribution is -2.30. The fraction of sp³-hybridized carbons (Fsp3) is 0.872. The van der Waals surface area contributed by atoms with Crippen LogP contribution in [0.15, 0.2) is 12.2 Å². The third-order valence-electron chi connectivity index (χ3n) is 8.38. The SMILES string of the molecule is CCCCCC/C=C\COC(=O)CCCCCCCN(CCCCCCCC(=O)OCCCCCCCCC)C(=O)SCCN(C)C. The van der Waals surface area contributed by atoms with E-state index < -0.39 is 0 Å². The van der Waals surface area contributed by atoms with Crippen LogP contribution < -0.4 is 0 Å². The summed E-state index contributed by atoms with van der Waals surface area (Å²) in [4.78, 5) is 41.1. The van der Waals surface area contributed by atoms with Crippen LogP contribution in [0, 0.1) is 0 Å². The Hall–Kier alpha value is -1.54. The Balaban J connectivity index is 4.03. The molecule has 0 aliphatic heterocycles. The van der Waals surface area contributed by atoms with Crippen LogP contribution in [0.1, 0.15) is 168 Å². The van der Waals surface area contributed by atoms with Crippen LogP contribution in [-0.4, -0.2) is 79.7 Å². The second-order valence-corrected chi connectivity index (χ2v) is 14.3. The molecule has 0 radical (unpaired) electrons. The summed E-state index contributed by atoms with van der Waals surface area (Å²) in [6.07, 6.45) is 29.8. The molecule has 0 saturated heterocycles. The van der Waals surface area contributed by atoms with E-state index in [4.69, 9.17) is 9.47 Å². The maximum Gasteiger partial charge on any atom is 0.306 e. The Labute approximate surface area is 294 Å². The van der Waals surface area contributed by atoms with Crippen molar-refractivity contribution in [3.8, 4) is 0 Å². The number of ether oxygens (including phenoxy) is 2. The Morgan fingerprint density at radius 2 is 1.04 bits per heavy atom. The molecule has 0 aliphatic rings. The number of nitrogens with zero attached hydrogens (tertiary/aromatic N) is 2. The molecule has 0 spiro atoms. The largest absolute Gasteiger partial charge is 0.466 e. The van der Waals surface area contributed by atoms with Gasteiger partial charge >= 0.3 is 11.9 Å². The van der Waals surface area contributed by atoms with Crippen molar-refractivity contribution in [3.63, 3.8) is 0 Å². The van der Waals surface area contributed by atoms with Gasteiger partial charge in [0.1, 0.15) is 6.61 Å². The van der Waals surface area contributed by atoms with Crippen molar-refractivity contribution in [1.29, 1.82) is 0 Å². The monoisotopic (exact) mass is 683 g/mol. The van der Waals surface area contributed by atoms with E-state index >= 15 is 0 Å². The summed E-state index contributed by atoms with van der Waals surface area (Å²) in [6, 6.07) is 0. The maximum atomic E-state index is 12.9. The van der Waals surface area contributed by atoms with Gasteiger partial charge in [-0.2, -0.15) is 0 Å². The number of esters is 2. The normalized spacial score (nSPS) is 11.4. The van der Waals surface area contributed by atoms with Crippen molar-refractivity contribution in [2.24, 2.45) is 0 Å². The molecule has 0 aromatic heterocycles. The van der Waals surface area contributed by atoms with Crippen LogP contribution in [0.2, 0.25) is 0 Å². The summed E-state index contributed by atoms with van der Waals surface area (Å²) in [5.41, 5.74) is 0. The molecule has 0 bridgehead atoms. The minimum Gasteiger partial charge on any atom is -0.466 e. The highest BCUT2D eigenvalue weighted by atomic mass is 32.2. The van der Waals surface area contributed by atoms with Gasteiger partial charge in [0.2, 0.25) is 0 Å². The minimum atomic E-state index is -0.106. The highest BCUT2D eigenvalue weighted by Gasteiger charge is 2.14. The first-order valence-corrected chi connectivity index (χ1v) is 20.4. The second kappa shape index (κ2) is 35.8. The zero-order chi connectivity index (χ0) is 34.6. The molecule has 0 fully saturated rings. The average Bonchev–Trinajstić information content (AvgIpc) is 3.05. The Morgan fingerprint density at radius 3 is 1.62 bits per heavy atom. The van der Waals surface area contributed by atoms with Crippen molar-refractivity contribution >= 4 is 28.9 Å². The number of rotatable bonds is 34. The van der Waals surface area contributed by atoms with E-state index in [1.54, 1.807) is 0 Å².